The fraction of sp³-hybridized carbons (Fsp3) is 0.636. The quantitative estimate of drug-likeness (QED) is 0.730. The van der Waals surface area contributed by atoms with Crippen LogP contribution in [0.15, 0.2) is 0 Å². The zero-order valence-corrected chi connectivity index (χ0v) is 8.51. The molecule has 0 radical (unpaired) electrons. The summed E-state index contributed by atoms with van der Waals surface area (Å²) in [6.45, 7) is 3.99. The number of aryl methyl sites for hydroxylation is 1. The molecule has 0 bridgehead atoms. The van der Waals surface area contributed by atoms with Gasteiger partial charge in [-0.2, -0.15) is 0 Å². The summed E-state index contributed by atoms with van der Waals surface area (Å²) >= 11 is 0. The number of hydrogen-bond acceptors (Lipinski definition) is 3. The van der Waals surface area contributed by atoms with Crippen LogP contribution in [0.5, 0.6) is 0 Å². The molecule has 14 heavy (non-hydrogen) atoms. The third-order valence-electron chi connectivity index (χ3n) is 3.38. The van der Waals surface area contributed by atoms with Gasteiger partial charge in [0.25, 0.3) is 0 Å². The number of nitrogens with zero attached hydrogens (tertiary/aromatic N) is 2. The molecule has 1 saturated carbocycles. The van der Waals surface area contributed by atoms with Crippen molar-refractivity contribution in [3.05, 3.63) is 22.8 Å². The van der Waals surface area contributed by atoms with Gasteiger partial charge in [-0.3, -0.25) is 0 Å². The van der Waals surface area contributed by atoms with E-state index in [-0.39, 0.29) is 0 Å². The van der Waals surface area contributed by atoms with Gasteiger partial charge in [-0.1, -0.05) is 6.42 Å². The molecule has 2 heterocycles. The van der Waals surface area contributed by atoms with Gasteiger partial charge in [-0.15, -0.1) is 0 Å². The SMILES string of the molecule is Cc1nc(C2CCC2)nc2c1CNC2. The van der Waals surface area contributed by atoms with Crippen molar-refractivity contribution in [1.82, 2.24) is 15.3 Å². The van der Waals surface area contributed by atoms with E-state index in [1.165, 1.54) is 36.2 Å². The van der Waals surface area contributed by atoms with Crippen molar-refractivity contribution in [2.24, 2.45) is 0 Å². The number of fused-ring (bicyclic) bond motifs is 1. The Balaban J connectivity index is 2.02. The van der Waals surface area contributed by atoms with E-state index in [0.717, 1.165) is 18.9 Å². The smallest absolute Gasteiger partial charge is 0.132 e. The summed E-state index contributed by atoms with van der Waals surface area (Å²) in [6.07, 6.45) is 3.92. The van der Waals surface area contributed by atoms with E-state index in [9.17, 15) is 0 Å². The van der Waals surface area contributed by atoms with Crippen LogP contribution in [0, 0.1) is 6.92 Å². The predicted molar refractivity (Wildman–Crippen MR) is 53.9 cm³/mol. The lowest BCUT2D eigenvalue weighted by atomic mass is 9.84. The summed E-state index contributed by atoms with van der Waals surface area (Å²) in [5, 5.41) is 3.33. The molecule has 1 aromatic heterocycles. The van der Waals surface area contributed by atoms with Crippen LogP contribution in [0.2, 0.25) is 0 Å². The van der Waals surface area contributed by atoms with Crippen LogP contribution in [-0.2, 0) is 13.1 Å². The van der Waals surface area contributed by atoms with Crippen molar-refractivity contribution in [3.8, 4) is 0 Å². The molecular formula is C11H15N3. The molecule has 0 aromatic carbocycles. The lowest BCUT2D eigenvalue weighted by Gasteiger charge is -2.24. The number of rotatable bonds is 1. The minimum absolute atomic E-state index is 0.652. The summed E-state index contributed by atoms with van der Waals surface area (Å²) in [6, 6.07) is 0. The summed E-state index contributed by atoms with van der Waals surface area (Å²) in [5.41, 5.74) is 3.74. The van der Waals surface area contributed by atoms with Gasteiger partial charge in [-0.25, -0.2) is 9.97 Å². The van der Waals surface area contributed by atoms with Crippen LogP contribution in [0.4, 0.5) is 0 Å². The zero-order chi connectivity index (χ0) is 9.54. The van der Waals surface area contributed by atoms with Crippen molar-refractivity contribution < 1.29 is 0 Å². The first kappa shape index (κ1) is 8.36. The lowest BCUT2D eigenvalue weighted by Crippen LogP contribution is -2.14. The van der Waals surface area contributed by atoms with E-state index in [1.54, 1.807) is 0 Å². The highest BCUT2D eigenvalue weighted by atomic mass is 15.0. The van der Waals surface area contributed by atoms with E-state index in [4.69, 9.17) is 0 Å². The number of aromatic nitrogens is 2. The van der Waals surface area contributed by atoms with E-state index in [1.807, 2.05) is 0 Å². The van der Waals surface area contributed by atoms with Gasteiger partial charge in [0.2, 0.25) is 0 Å². The summed E-state index contributed by atoms with van der Waals surface area (Å²) < 4.78 is 0. The molecule has 2 aliphatic rings. The van der Waals surface area contributed by atoms with Gasteiger partial charge in [0.1, 0.15) is 5.82 Å². The molecule has 1 aromatic rings. The predicted octanol–water partition coefficient (Wildman–Crippen LogP) is 1.66. The zero-order valence-electron chi connectivity index (χ0n) is 8.51. The van der Waals surface area contributed by atoms with Crippen LogP contribution >= 0.6 is 0 Å². The normalized spacial score (nSPS) is 20.6. The van der Waals surface area contributed by atoms with Crippen LogP contribution < -0.4 is 5.32 Å². The van der Waals surface area contributed by atoms with E-state index >= 15 is 0 Å². The Kier molecular flexibility index (Phi) is 1.80. The minimum Gasteiger partial charge on any atom is -0.307 e. The van der Waals surface area contributed by atoms with Gasteiger partial charge >= 0.3 is 0 Å². The second-order valence-electron chi connectivity index (χ2n) is 4.32. The molecule has 1 aliphatic carbocycles. The Bertz CT molecular complexity index is 369. The van der Waals surface area contributed by atoms with Crippen molar-refractivity contribution in [3.63, 3.8) is 0 Å². The molecule has 1 fully saturated rings. The average Bonchev–Trinajstić information content (AvgIpc) is 2.48. The molecular weight excluding hydrogens is 174 g/mol. The minimum atomic E-state index is 0.652. The van der Waals surface area contributed by atoms with Crippen LogP contribution in [0.3, 0.4) is 0 Å². The molecule has 1 N–H and O–H groups in total. The van der Waals surface area contributed by atoms with Gasteiger partial charge in [0.05, 0.1) is 5.69 Å². The molecule has 0 unspecified atom stereocenters. The number of hydrogen-bond donors (Lipinski definition) is 1. The first-order valence-electron chi connectivity index (χ1n) is 5.41. The third kappa shape index (κ3) is 1.16. The fourth-order valence-electron chi connectivity index (χ4n) is 2.21. The van der Waals surface area contributed by atoms with E-state index in [2.05, 4.69) is 22.2 Å². The molecule has 0 atom stereocenters. The first-order chi connectivity index (χ1) is 6.84. The lowest BCUT2D eigenvalue weighted by molar-refractivity contribution is 0.399. The maximum absolute atomic E-state index is 4.66. The highest BCUT2D eigenvalue weighted by molar-refractivity contribution is 5.29. The largest absolute Gasteiger partial charge is 0.307 e. The van der Waals surface area contributed by atoms with E-state index < -0.39 is 0 Å². The van der Waals surface area contributed by atoms with Gasteiger partial charge in [0, 0.05) is 30.3 Å². The molecule has 3 heteroatoms. The molecule has 0 saturated heterocycles. The first-order valence-corrected chi connectivity index (χ1v) is 5.41. The Morgan fingerprint density at radius 1 is 1.21 bits per heavy atom. The summed E-state index contributed by atoms with van der Waals surface area (Å²) in [7, 11) is 0. The Labute approximate surface area is 84.0 Å². The average molecular weight is 189 g/mol. The Hall–Kier alpha value is -0.960. The molecule has 3 nitrogen and oxygen atoms in total. The molecule has 1 aliphatic heterocycles. The summed E-state index contributed by atoms with van der Waals surface area (Å²) in [4.78, 5) is 9.28. The highest BCUT2D eigenvalue weighted by Crippen LogP contribution is 2.35. The van der Waals surface area contributed by atoms with Crippen molar-refractivity contribution >= 4 is 0 Å². The highest BCUT2D eigenvalue weighted by Gasteiger charge is 2.25. The van der Waals surface area contributed by atoms with E-state index in [0.29, 0.717) is 5.92 Å². The third-order valence-corrected chi connectivity index (χ3v) is 3.38. The molecule has 0 amide bonds. The van der Waals surface area contributed by atoms with Gasteiger partial charge in [-0.05, 0) is 19.8 Å². The Morgan fingerprint density at radius 3 is 2.79 bits per heavy atom. The second kappa shape index (κ2) is 3.02. The molecule has 0 spiro atoms. The Morgan fingerprint density at radius 2 is 2.07 bits per heavy atom. The maximum atomic E-state index is 4.66. The van der Waals surface area contributed by atoms with Crippen LogP contribution in [-0.4, -0.2) is 9.97 Å². The van der Waals surface area contributed by atoms with Crippen molar-refractivity contribution in [2.45, 2.75) is 45.2 Å². The molecule has 3 rings (SSSR count). The monoisotopic (exact) mass is 189 g/mol. The standard InChI is InChI=1S/C11H15N3/c1-7-9-5-12-6-10(9)14-11(13-7)8-3-2-4-8/h8,12H,2-6H2,1H3. The fourth-order valence-corrected chi connectivity index (χ4v) is 2.21. The molecule has 74 valence electrons. The van der Waals surface area contributed by atoms with Gasteiger partial charge in [0.15, 0.2) is 0 Å². The maximum Gasteiger partial charge on any atom is 0.132 e. The van der Waals surface area contributed by atoms with Crippen molar-refractivity contribution in [2.75, 3.05) is 0 Å². The topological polar surface area (TPSA) is 37.8 Å². The van der Waals surface area contributed by atoms with Crippen LogP contribution in [0.25, 0.3) is 0 Å². The van der Waals surface area contributed by atoms with Gasteiger partial charge < -0.3 is 5.32 Å². The second-order valence-corrected chi connectivity index (χ2v) is 4.32. The summed E-state index contributed by atoms with van der Waals surface area (Å²) in [5.74, 6) is 1.75. The van der Waals surface area contributed by atoms with Crippen LogP contribution in [0.1, 0.15) is 48.0 Å². The number of nitrogens with one attached hydrogen (secondary N) is 1. The van der Waals surface area contributed by atoms with Crippen molar-refractivity contribution in [1.29, 1.82) is 0 Å².